The van der Waals surface area contributed by atoms with Gasteiger partial charge in [0.15, 0.2) is 0 Å². The lowest BCUT2D eigenvalue weighted by Crippen LogP contribution is -2.32. The van der Waals surface area contributed by atoms with Crippen LogP contribution in [0.3, 0.4) is 0 Å². The molecule has 0 saturated heterocycles. The summed E-state index contributed by atoms with van der Waals surface area (Å²) in [6.07, 6.45) is 0. The van der Waals surface area contributed by atoms with Crippen molar-refractivity contribution in [2.24, 2.45) is 5.92 Å². The van der Waals surface area contributed by atoms with E-state index in [-0.39, 0.29) is 18.5 Å². The van der Waals surface area contributed by atoms with Crippen molar-refractivity contribution in [2.45, 2.75) is 33.1 Å². The van der Waals surface area contributed by atoms with E-state index in [4.69, 9.17) is 10.4 Å². The van der Waals surface area contributed by atoms with Gasteiger partial charge in [-0.15, -0.1) is 11.3 Å². The van der Waals surface area contributed by atoms with Crippen LogP contribution in [0.4, 0.5) is 5.00 Å². The Morgan fingerprint density at radius 2 is 2.10 bits per heavy atom. The molecule has 6 heteroatoms. The Labute approximate surface area is 129 Å². The van der Waals surface area contributed by atoms with Gasteiger partial charge in [0, 0.05) is 6.54 Å². The predicted molar refractivity (Wildman–Crippen MR) is 82.4 cm³/mol. The summed E-state index contributed by atoms with van der Waals surface area (Å²) in [7, 11) is 0. The molecule has 0 fully saturated rings. The molecule has 1 atom stereocenters. The summed E-state index contributed by atoms with van der Waals surface area (Å²) in [5, 5.41) is 30.0. The van der Waals surface area contributed by atoms with Gasteiger partial charge in [-0.3, -0.25) is 4.79 Å². The second kappa shape index (κ2) is 6.60. The van der Waals surface area contributed by atoms with Crippen LogP contribution in [0.2, 0.25) is 0 Å². The van der Waals surface area contributed by atoms with Crippen molar-refractivity contribution in [3.63, 3.8) is 0 Å². The van der Waals surface area contributed by atoms with Gasteiger partial charge in [-0.25, -0.2) is 0 Å². The first-order valence-electron chi connectivity index (χ1n) is 6.59. The highest BCUT2D eigenvalue weighted by atomic mass is 32.1. The van der Waals surface area contributed by atoms with Gasteiger partial charge in [-0.2, -0.15) is 10.5 Å². The van der Waals surface area contributed by atoms with Crippen LogP contribution in [0, 0.1) is 28.6 Å². The smallest absolute Gasteiger partial charge is 0.308 e. The normalized spacial score (nSPS) is 12.3. The summed E-state index contributed by atoms with van der Waals surface area (Å²) in [5.74, 6) is -1.52. The highest BCUT2D eigenvalue weighted by molar-refractivity contribution is 7.14. The minimum absolute atomic E-state index is 0.0659. The molecule has 21 heavy (non-hydrogen) atoms. The van der Waals surface area contributed by atoms with E-state index in [1.54, 1.807) is 11.8 Å². The summed E-state index contributed by atoms with van der Waals surface area (Å²) in [4.78, 5) is 12.7. The van der Waals surface area contributed by atoms with Gasteiger partial charge in [0.05, 0.1) is 17.6 Å². The fraction of sp³-hybridized carbons (Fsp3) is 0.533. The number of rotatable bonds is 5. The average Bonchev–Trinajstić information content (AvgIpc) is 2.81. The van der Waals surface area contributed by atoms with E-state index in [2.05, 4.69) is 6.07 Å². The molecule has 1 aromatic rings. The number of thiophene rings is 1. The number of aliphatic carboxylic acids is 1. The first-order chi connectivity index (χ1) is 9.72. The molecule has 1 N–H and O–H groups in total. The molecule has 1 heterocycles. The molecule has 1 rings (SSSR count). The second-order valence-corrected chi connectivity index (χ2v) is 6.83. The summed E-state index contributed by atoms with van der Waals surface area (Å²) in [6, 6.07) is 4.24. The molecule has 0 amide bonds. The van der Waals surface area contributed by atoms with Crippen molar-refractivity contribution in [3.8, 4) is 12.1 Å². The zero-order valence-electron chi connectivity index (χ0n) is 12.7. The molecule has 0 radical (unpaired) electrons. The third-order valence-electron chi connectivity index (χ3n) is 3.16. The van der Waals surface area contributed by atoms with E-state index in [1.807, 2.05) is 32.2 Å². The molecule has 0 aliphatic heterocycles. The molecule has 5 nitrogen and oxygen atoms in total. The largest absolute Gasteiger partial charge is 0.481 e. The maximum absolute atomic E-state index is 11.0. The highest BCUT2D eigenvalue weighted by Gasteiger charge is 2.26. The maximum Gasteiger partial charge on any atom is 0.308 e. The lowest BCUT2D eigenvalue weighted by atomic mass is 9.86. The van der Waals surface area contributed by atoms with Crippen LogP contribution >= 0.6 is 11.3 Å². The van der Waals surface area contributed by atoms with Crippen molar-refractivity contribution >= 4 is 22.3 Å². The highest BCUT2D eigenvalue weighted by Crippen LogP contribution is 2.37. The molecule has 0 aliphatic carbocycles. The Hall–Kier alpha value is -2.05. The maximum atomic E-state index is 11.0. The molecular weight excluding hydrogens is 286 g/mol. The molecule has 0 aromatic carbocycles. The minimum atomic E-state index is -0.913. The van der Waals surface area contributed by atoms with Crippen LogP contribution in [0.5, 0.6) is 0 Å². The number of carbonyl (C=O) groups is 1. The summed E-state index contributed by atoms with van der Waals surface area (Å²) < 4.78 is 0. The first-order valence-corrected chi connectivity index (χ1v) is 7.47. The van der Waals surface area contributed by atoms with Crippen molar-refractivity contribution < 1.29 is 9.90 Å². The number of carboxylic acids is 1. The Morgan fingerprint density at radius 1 is 1.48 bits per heavy atom. The minimum Gasteiger partial charge on any atom is -0.481 e. The number of nitrogens with zero attached hydrogens (tertiary/aromatic N) is 3. The molecule has 112 valence electrons. The van der Waals surface area contributed by atoms with Gasteiger partial charge in [0.25, 0.3) is 0 Å². The first kappa shape index (κ1) is 17.0. The van der Waals surface area contributed by atoms with Crippen molar-refractivity contribution in [1.82, 2.24) is 0 Å². The Bertz CT molecular complexity index is 602. The molecule has 1 unspecified atom stereocenters. The van der Waals surface area contributed by atoms with Gasteiger partial charge >= 0.3 is 5.97 Å². The lowest BCUT2D eigenvalue weighted by molar-refractivity contribution is -0.140. The van der Waals surface area contributed by atoms with E-state index in [1.165, 1.54) is 11.3 Å². The van der Waals surface area contributed by atoms with Crippen LogP contribution in [-0.4, -0.2) is 24.2 Å². The SMILES string of the molecule is CC(CN(CC#N)c1scc(C(C)(C)C)c1C#N)C(=O)O. The predicted octanol–water partition coefficient (Wildman–Crippen LogP) is 2.97. The van der Waals surface area contributed by atoms with Crippen molar-refractivity contribution in [1.29, 1.82) is 10.5 Å². The zero-order valence-corrected chi connectivity index (χ0v) is 13.5. The van der Waals surface area contributed by atoms with Gasteiger partial charge < -0.3 is 10.0 Å². The molecule has 1 aromatic heterocycles. The number of anilines is 1. The van der Waals surface area contributed by atoms with Gasteiger partial charge in [0.1, 0.15) is 17.6 Å². The quantitative estimate of drug-likeness (QED) is 0.845. The lowest BCUT2D eigenvalue weighted by Gasteiger charge is -2.23. The van der Waals surface area contributed by atoms with Gasteiger partial charge in [-0.05, 0) is 16.4 Å². The van der Waals surface area contributed by atoms with E-state index in [9.17, 15) is 10.1 Å². The number of hydrogen-bond donors (Lipinski definition) is 1. The topological polar surface area (TPSA) is 88.1 Å². The molecule has 0 saturated carbocycles. The third kappa shape index (κ3) is 3.96. The molecule has 0 bridgehead atoms. The van der Waals surface area contributed by atoms with Crippen LogP contribution in [0.25, 0.3) is 0 Å². The van der Waals surface area contributed by atoms with E-state index >= 15 is 0 Å². The monoisotopic (exact) mass is 305 g/mol. The number of carboxylic acid groups (broad SMARTS) is 1. The Morgan fingerprint density at radius 3 is 2.52 bits per heavy atom. The van der Waals surface area contributed by atoms with Gasteiger partial charge in [0.2, 0.25) is 0 Å². The molecule has 0 spiro atoms. The van der Waals surface area contributed by atoms with Crippen LogP contribution in [0.1, 0.15) is 38.8 Å². The zero-order chi connectivity index (χ0) is 16.2. The van der Waals surface area contributed by atoms with Crippen LogP contribution in [-0.2, 0) is 10.2 Å². The Balaban J connectivity index is 3.22. The van der Waals surface area contributed by atoms with Gasteiger partial charge in [-0.1, -0.05) is 27.7 Å². The summed E-state index contributed by atoms with van der Waals surface area (Å²) in [6.45, 7) is 7.94. The van der Waals surface area contributed by atoms with Crippen molar-refractivity contribution in [3.05, 3.63) is 16.5 Å². The van der Waals surface area contributed by atoms with Crippen LogP contribution < -0.4 is 4.90 Å². The Kier molecular flexibility index (Phi) is 5.34. The van der Waals surface area contributed by atoms with E-state index < -0.39 is 11.9 Å². The second-order valence-electron chi connectivity index (χ2n) is 5.97. The third-order valence-corrected chi connectivity index (χ3v) is 4.20. The fourth-order valence-electron chi connectivity index (χ4n) is 1.95. The summed E-state index contributed by atoms with van der Waals surface area (Å²) >= 11 is 1.39. The fourth-order valence-corrected chi connectivity index (χ4v) is 3.22. The molecule has 0 aliphatic rings. The summed E-state index contributed by atoms with van der Waals surface area (Å²) in [5.41, 5.74) is 1.30. The van der Waals surface area contributed by atoms with E-state index in [0.717, 1.165) is 5.56 Å². The van der Waals surface area contributed by atoms with E-state index in [0.29, 0.717) is 10.6 Å². The van der Waals surface area contributed by atoms with Crippen molar-refractivity contribution in [2.75, 3.05) is 18.0 Å². The standard InChI is InChI=1S/C15H19N3O2S/c1-10(14(19)20)8-18(6-5-16)13-11(7-17)12(9-21-13)15(2,3)4/h9-10H,6,8H2,1-4H3,(H,19,20). The van der Waals surface area contributed by atoms with Crippen LogP contribution in [0.15, 0.2) is 5.38 Å². The number of nitriles is 2. The average molecular weight is 305 g/mol. The number of hydrogen-bond acceptors (Lipinski definition) is 5. The molecular formula is C15H19N3O2S.